The van der Waals surface area contributed by atoms with E-state index in [0.717, 1.165) is 36.4 Å². The van der Waals surface area contributed by atoms with Gasteiger partial charge in [-0.25, -0.2) is 0 Å². The van der Waals surface area contributed by atoms with E-state index in [1.54, 1.807) is 6.20 Å². The Morgan fingerprint density at radius 2 is 1.84 bits per heavy atom. The minimum atomic E-state index is 0.691. The van der Waals surface area contributed by atoms with Gasteiger partial charge in [0.1, 0.15) is 5.52 Å². The van der Waals surface area contributed by atoms with Crippen LogP contribution < -0.4 is 4.73 Å². The van der Waals surface area contributed by atoms with E-state index in [9.17, 15) is 5.21 Å². The molecular formula is C15H9BrN2O. The van der Waals surface area contributed by atoms with Crippen molar-refractivity contribution in [3.63, 3.8) is 0 Å². The summed E-state index contributed by atoms with van der Waals surface area (Å²) in [6.07, 6.45) is 1.60. The molecule has 3 nitrogen and oxygen atoms in total. The number of hydrogen-bond donors (Lipinski definition) is 1. The molecule has 0 bridgehead atoms. The molecule has 0 fully saturated rings. The molecule has 0 unspecified atom stereocenters. The normalized spacial score (nSPS) is 11.6. The number of aromatic nitrogens is 2. The van der Waals surface area contributed by atoms with Gasteiger partial charge in [0.25, 0.3) is 0 Å². The lowest BCUT2D eigenvalue weighted by Crippen LogP contribution is -2.26. The predicted octanol–water partition coefficient (Wildman–Crippen LogP) is 3.87. The van der Waals surface area contributed by atoms with Gasteiger partial charge >= 0.3 is 0 Å². The maximum atomic E-state index is 12.0. The van der Waals surface area contributed by atoms with E-state index in [-0.39, 0.29) is 0 Å². The molecule has 0 aliphatic rings. The minimum absolute atomic E-state index is 0.691. The molecule has 0 aliphatic carbocycles. The van der Waals surface area contributed by atoms with Crippen molar-refractivity contribution in [3.05, 3.63) is 58.3 Å². The summed E-state index contributed by atoms with van der Waals surface area (Å²) in [5, 5.41) is 15.2. The molecule has 0 aliphatic heterocycles. The third kappa shape index (κ3) is 1.47. The Kier molecular flexibility index (Phi) is 2.11. The van der Waals surface area contributed by atoms with Gasteiger partial charge in [0.15, 0.2) is 0 Å². The van der Waals surface area contributed by atoms with E-state index in [4.69, 9.17) is 0 Å². The van der Waals surface area contributed by atoms with Crippen molar-refractivity contribution in [1.29, 1.82) is 0 Å². The summed E-state index contributed by atoms with van der Waals surface area (Å²) in [4.78, 5) is 3.30. The lowest BCUT2D eigenvalue weighted by atomic mass is 10.1. The number of para-hydroxylation sites is 1. The van der Waals surface area contributed by atoms with Crippen LogP contribution in [0.4, 0.5) is 0 Å². The fourth-order valence-electron chi connectivity index (χ4n) is 2.64. The molecule has 2 aromatic carbocycles. The van der Waals surface area contributed by atoms with Crippen LogP contribution in [0, 0.1) is 5.21 Å². The number of rotatable bonds is 0. The summed E-state index contributed by atoms with van der Waals surface area (Å²) < 4.78 is 1.95. The first kappa shape index (κ1) is 10.8. The lowest BCUT2D eigenvalue weighted by molar-refractivity contribution is -0.575. The highest BCUT2D eigenvalue weighted by Crippen LogP contribution is 2.31. The van der Waals surface area contributed by atoms with Gasteiger partial charge in [0.2, 0.25) is 11.7 Å². The Morgan fingerprint density at radius 3 is 2.74 bits per heavy atom. The van der Waals surface area contributed by atoms with Crippen LogP contribution in [0.1, 0.15) is 0 Å². The molecule has 0 atom stereocenters. The van der Waals surface area contributed by atoms with E-state index < -0.39 is 0 Å². The number of nitrogens with zero attached hydrogens (tertiary/aromatic N) is 1. The number of H-pyrrole nitrogens is 1. The standard InChI is InChI=1S/C15H9BrN2O/c16-9-5-6-12-11(7-9)15-10-3-1-2-4-14(10)18(19)8-13(15)17-12/h1-8,17H. The van der Waals surface area contributed by atoms with Crippen LogP contribution in [0.5, 0.6) is 0 Å². The Bertz CT molecular complexity index is 943. The van der Waals surface area contributed by atoms with Crippen LogP contribution in [0.2, 0.25) is 0 Å². The van der Waals surface area contributed by atoms with Crippen LogP contribution in [0.15, 0.2) is 53.1 Å². The lowest BCUT2D eigenvalue weighted by Gasteiger charge is -2.02. The van der Waals surface area contributed by atoms with Crippen molar-refractivity contribution in [2.75, 3.05) is 0 Å². The molecule has 0 spiro atoms. The number of aromatic amines is 1. The van der Waals surface area contributed by atoms with E-state index in [1.807, 2.05) is 36.4 Å². The second-order valence-corrected chi connectivity index (χ2v) is 5.49. The van der Waals surface area contributed by atoms with Gasteiger partial charge in [-0.3, -0.25) is 0 Å². The molecule has 0 saturated carbocycles. The fraction of sp³-hybridized carbons (Fsp3) is 0. The van der Waals surface area contributed by atoms with Crippen molar-refractivity contribution in [2.45, 2.75) is 0 Å². The van der Waals surface area contributed by atoms with Gasteiger partial charge in [-0.2, -0.15) is 4.73 Å². The Hall–Kier alpha value is -2.07. The zero-order valence-electron chi connectivity index (χ0n) is 9.85. The quantitative estimate of drug-likeness (QED) is 0.389. The Balaban J connectivity index is 2.36. The van der Waals surface area contributed by atoms with Crippen molar-refractivity contribution in [1.82, 2.24) is 4.98 Å². The first-order valence-corrected chi connectivity index (χ1v) is 6.75. The summed E-state index contributed by atoms with van der Waals surface area (Å²) in [7, 11) is 0. The topological polar surface area (TPSA) is 42.7 Å². The highest BCUT2D eigenvalue weighted by Gasteiger charge is 2.13. The minimum Gasteiger partial charge on any atom is -0.618 e. The summed E-state index contributed by atoms with van der Waals surface area (Å²) in [5.74, 6) is 0. The van der Waals surface area contributed by atoms with Crippen molar-refractivity contribution >= 4 is 48.6 Å². The molecule has 0 saturated heterocycles. The van der Waals surface area contributed by atoms with Crippen molar-refractivity contribution < 1.29 is 4.73 Å². The van der Waals surface area contributed by atoms with Gasteiger partial charge in [-0.05, 0) is 24.3 Å². The summed E-state index contributed by atoms with van der Waals surface area (Å²) in [5.41, 5.74) is 2.59. The number of benzene rings is 2. The molecule has 0 radical (unpaired) electrons. The summed E-state index contributed by atoms with van der Waals surface area (Å²) in [6, 6.07) is 13.8. The average Bonchev–Trinajstić information content (AvgIpc) is 2.76. The molecule has 2 aromatic heterocycles. The van der Waals surface area contributed by atoms with Crippen molar-refractivity contribution in [3.8, 4) is 0 Å². The zero-order chi connectivity index (χ0) is 13.0. The summed E-state index contributed by atoms with van der Waals surface area (Å²) >= 11 is 3.50. The molecular weight excluding hydrogens is 304 g/mol. The molecule has 92 valence electrons. The van der Waals surface area contributed by atoms with Gasteiger partial charge < -0.3 is 10.2 Å². The van der Waals surface area contributed by atoms with E-state index in [2.05, 4.69) is 27.0 Å². The summed E-state index contributed by atoms with van der Waals surface area (Å²) in [6.45, 7) is 0. The van der Waals surface area contributed by atoms with E-state index >= 15 is 0 Å². The van der Waals surface area contributed by atoms with Crippen LogP contribution in [-0.4, -0.2) is 4.98 Å². The van der Waals surface area contributed by atoms with Gasteiger partial charge in [-0.15, -0.1) is 0 Å². The SMILES string of the molecule is [O-][n+]1cc2[nH]c3ccc(Br)cc3c2c2ccccc21. The average molecular weight is 313 g/mol. The van der Waals surface area contributed by atoms with Crippen molar-refractivity contribution in [2.24, 2.45) is 0 Å². The first-order valence-electron chi connectivity index (χ1n) is 5.96. The first-order chi connectivity index (χ1) is 9.24. The molecule has 1 N–H and O–H groups in total. The second kappa shape index (κ2) is 3.71. The van der Waals surface area contributed by atoms with Gasteiger partial charge in [0, 0.05) is 26.8 Å². The largest absolute Gasteiger partial charge is 0.618 e. The Labute approximate surface area is 117 Å². The number of hydrogen-bond acceptors (Lipinski definition) is 1. The Morgan fingerprint density at radius 1 is 1.00 bits per heavy atom. The molecule has 4 aromatic rings. The number of halogens is 1. The van der Waals surface area contributed by atoms with E-state index in [1.165, 1.54) is 0 Å². The highest BCUT2D eigenvalue weighted by atomic mass is 79.9. The fourth-order valence-corrected chi connectivity index (χ4v) is 3.00. The van der Waals surface area contributed by atoms with Crippen LogP contribution >= 0.6 is 15.9 Å². The zero-order valence-corrected chi connectivity index (χ0v) is 11.4. The number of nitrogens with one attached hydrogen (secondary N) is 1. The predicted molar refractivity (Wildman–Crippen MR) is 80.0 cm³/mol. The molecule has 19 heavy (non-hydrogen) atoms. The second-order valence-electron chi connectivity index (χ2n) is 4.58. The number of fused-ring (bicyclic) bond motifs is 5. The third-order valence-corrected chi connectivity index (χ3v) is 3.94. The highest BCUT2D eigenvalue weighted by molar-refractivity contribution is 9.10. The molecule has 4 heteroatoms. The molecule has 4 rings (SSSR count). The number of pyridine rings is 1. The smallest absolute Gasteiger partial charge is 0.224 e. The third-order valence-electron chi connectivity index (χ3n) is 3.45. The van der Waals surface area contributed by atoms with Gasteiger partial charge in [0.05, 0.1) is 5.39 Å². The van der Waals surface area contributed by atoms with Crippen LogP contribution in [-0.2, 0) is 0 Å². The maximum Gasteiger partial charge on any atom is 0.224 e. The van der Waals surface area contributed by atoms with Crippen LogP contribution in [0.25, 0.3) is 32.7 Å². The van der Waals surface area contributed by atoms with E-state index in [0.29, 0.717) is 5.52 Å². The van der Waals surface area contributed by atoms with Crippen LogP contribution in [0.3, 0.4) is 0 Å². The van der Waals surface area contributed by atoms with Gasteiger partial charge in [-0.1, -0.05) is 28.1 Å². The molecule has 2 heterocycles. The monoisotopic (exact) mass is 312 g/mol. The maximum absolute atomic E-state index is 12.0. The molecule has 0 amide bonds.